The number of nitrogens with one attached hydrogen (secondary N) is 2. The van der Waals surface area contributed by atoms with Crippen molar-refractivity contribution in [2.24, 2.45) is 0 Å². The van der Waals surface area contributed by atoms with Crippen molar-refractivity contribution in [3.05, 3.63) is 77.9 Å². The van der Waals surface area contributed by atoms with Crippen molar-refractivity contribution in [1.82, 2.24) is 10.2 Å². The Hall–Kier alpha value is -3.41. The molecule has 2 N–H and O–H groups in total. The highest BCUT2D eigenvalue weighted by Gasteiger charge is 2.34. The second-order valence-electron chi connectivity index (χ2n) is 6.31. The normalized spacial score (nSPS) is 15.4. The number of benzene rings is 2. The van der Waals surface area contributed by atoms with E-state index in [1.54, 1.807) is 36.2 Å². The summed E-state index contributed by atoms with van der Waals surface area (Å²) in [5.41, 5.74) is 3.15. The zero-order valence-electron chi connectivity index (χ0n) is 15.1. The van der Waals surface area contributed by atoms with Gasteiger partial charge in [0.15, 0.2) is 0 Å². The van der Waals surface area contributed by atoms with Crippen molar-refractivity contribution < 1.29 is 14.4 Å². The van der Waals surface area contributed by atoms with Crippen molar-refractivity contribution in [3.63, 3.8) is 0 Å². The minimum absolute atomic E-state index is 0.187. The SMILES string of the molecule is C=CC(=O)Nc1ccc(C(=O)N2Cc3ccccc3C[C@H]2C(=O)NC)cc1. The highest BCUT2D eigenvalue weighted by molar-refractivity contribution is 6.00. The zero-order valence-corrected chi connectivity index (χ0v) is 15.1. The molecule has 1 heterocycles. The lowest BCUT2D eigenvalue weighted by atomic mass is 9.93. The predicted molar refractivity (Wildman–Crippen MR) is 103 cm³/mol. The third-order valence-electron chi connectivity index (χ3n) is 4.64. The summed E-state index contributed by atoms with van der Waals surface area (Å²) in [6.45, 7) is 3.78. The second-order valence-corrected chi connectivity index (χ2v) is 6.31. The molecule has 0 fully saturated rings. The summed E-state index contributed by atoms with van der Waals surface area (Å²) >= 11 is 0. The Labute approximate surface area is 157 Å². The molecule has 2 aromatic carbocycles. The van der Waals surface area contributed by atoms with Crippen molar-refractivity contribution in [1.29, 1.82) is 0 Å². The Morgan fingerprint density at radius 1 is 1.07 bits per heavy atom. The topological polar surface area (TPSA) is 78.5 Å². The molecule has 1 aliphatic heterocycles. The van der Waals surface area contributed by atoms with Gasteiger partial charge in [-0.15, -0.1) is 0 Å². The molecule has 6 heteroatoms. The number of hydrogen-bond acceptors (Lipinski definition) is 3. The van der Waals surface area contributed by atoms with Gasteiger partial charge in [0.25, 0.3) is 5.91 Å². The smallest absolute Gasteiger partial charge is 0.254 e. The third-order valence-corrected chi connectivity index (χ3v) is 4.64. The fraction of sp³-hybridized carbons (Fsp3) is 0.190. The first kappa shape index (κ1) is 18.4. The standard InChI is InChI=1S/C21H21N3O3/c1-3-19(25)23-17-10-8-14(9-11-17)21(27)24-13-16-7-5-4-6-15(16)12-18(24)20(26)22-2/h3-11,18H,1,12-13H2,2H3,(H,22,26)(H,23,25)/t18-/m0/s1. The fourth-order valence-electron chi connectivity index (χ4n) is 3.19. The van der Waals surface area contributed by atoms with E-state index in [-0.39, 0.29) is 17.7 Å². The number of hydrogen-bond donors (Lipinski definition) is 2. The molecule has 138 valence electrons. The van der Waals surface area contributed by atoms with Crippen molar-refractivity contribution >= 4 is 23.4 Å². The maximum absolute atomic E-state index is 13.1. The van der Waals surface area contributed by atoms with Crippen LogP contribution in [0.2, 0.25) is 0 Å². The van der Waals surface area contributed by atoms with Crippen LogP contribution in [0.25, 0.3) is 0 Å². The summed E-state index contributed by atoms with van der Waals surface area (Å²) in [7, 11) is 1.57. The van der Waals surface area contributed by atoms with Gasteiger partial charge in [-0.25, -0.2) is 0 Å². The molecule has 0 aromatic heterocycles. The summed E-state index contributed by atoms with van der Waals surface area (Å²) in [5, 5.41) is 5.29. The molecule has 0 aliphatic carbocycles. The van der Waals surface area contributed by atoms with Crippen molar-refractivity contribution in [2.45, 2.75) is 19.0 Å². The van der Waals surface area contributed by atoms with Gasteiger partial charge in [0, 0.05) is 31.3 Å². The van der Waals surface area contributed by atoms with E-state index >= 15 is 0 Å². The molecule has 0 saturated heterocycles. The van der Waals surface area contributed by atoms with Crippen LogP contribution in [0.5, 0.6) is 0 Å². The molecule has 3 rings (SSSR count). The van der Waals surface area contributed by atoms with Crippen LogP contribution in [0, 0.1) is 0 Å². The van der Waals surface area contributed by atoms with Crippen LogP contribution >= 0.6 is 0 Å². The van der Waals surface area contributed by atoms with E-state index in [0.717, 1.165) is 11.1 Å². The maximum Gasteiger partial charge on any atom is 0.254 e. The minimum atomic E-state index is -0.558. The molecule has 0 saturated carbocycles. The number of rotatable bonds is 4. The monoisotopic (exact) mass is 363 g/mol. The molecule has 1 aliphatic rings. The Morgan fingerprint density at radius 3 is 2.37 bits per heavy atom. The second kappa shape index (κ2) is 7.86. The average molecular weight is 363 g/mol. The van der Waals surface area contributed by atoms with E-state index in [4.69, 9.17) is 0 Å². The molecule has 0 unspecified atom stereocenters. The van der Waals surface area contributed by atoms with Crippen LogP contribution in [0.1, 0.15) is 21.5 Å². The first-order valence-corrected chi connectivity index (χ1v) is 8.66. The van der Waals surface area contributed by atoms with Gasteiger partial charge in [-0.3, -0.25) is 14.4 Å². The largest absolute Gasteiger partial charge is 0.357 e. The number of carbonyl (C=O) groups is 3. The Morgan fingerprint density at radius 2 is 1.74 bits per heavy atom. The van der Waals surface area contributed by atoms with Gasteiger partial charge in [-0.2, -0.15) is 0 Å². The summed E-state index contributed by atoms with van der Waals surface area (Å²) in [6, 6.07) is 13.9. The lowest BCUT2D eigenvalue weighted by Crippen LogP contribution is -2.51. The van der Waals surface area contributed by atoms with Gasteiger partial charge in [-0.05, 0) is 41.5 Å². The molecule has 0 spiro atoms. The number of amides is 3. The van der Waals surface area contributed by atoms with Crippen LogP contribution in [0.15, 0.2) is 61.2 Å². The summed E-state index contributed by atoms with van der Waals surface area (Å²) in [4.78, 5) is 38.4. The zero-order chi connectivity index (χ0) is 19.4. The third kappa shape index (κ3) is 3.89. The van der Waals surface area contributed by atoms with Gasteiger partial charge in [0.1, 0.15) is 6.04 Å². The maximum atomic E-state index is 13.1. The van der Waals surface area contributed by atoms with Crippen LogP contribution in [0.3, 0.4) is 0 Å². The molecule has 0 bridgehead atoms. The van der Waals surface area contributed by atoms with Crippen LogP contribution in [0.4, 0.5) is 5.69 Å². The molecule has 6 nitrogen and oxygen atoms in total. The van der Waals surface area contributed by atoms with E-state index in [1.165, 1.54) is 6.08 Å². The lowest BCUT2D eigenvalue weighted by Gasteiger charge is -2.35. The van der Waals surface area contributed by atoms with E-state index in [0.29, 0.717) is 24.2 Å². The lowest BCUT2D eigenvalue weighted by molar-refractivity contribution is -0.125. The quantitative estimate of drug-likeness (QED) is 0.817. The number of likely N-dealkylation sites (N-methyl/N-ethyl adjacent to an activating group) is 1. The van der Waals surface area contributed by atoms with Gasteiger partial charge in [0.2, 0.25) is 11.8 Å². The number of nitrogens with zero attached hydrogens (tertiary/aromatic N) is 1. The summed E-state index contributed by atoms with van der Waals surface area (Å²) in [5.74, 6) is -0.728. The Bertz CT molecular complexity index is 890. The summed E-state index contributed by atoms with van der Waals surface area (Å²) < 4.78 is 0. The molecule has 2 aromatic rings. The van der Waals surface area contributed by atoms with E-state index in [9.17, 15) is 14.4 Å². The number of fused-ring (bicyclic) bond motifs is 1. The van der Waals surface area contributed by atoms with E-state index in [1.807, 2.05) is 24.3 Å². The molecular formula is C21H21N3O3. The van der Waals surface area contributed by atoms with E-state index in [2.05, 4.69) is 17.2 Å². The Balaban J connectivity index is 1.86. The van der Waals surface area contributed by atoms with Crippen LogP contribution in [-0.2, 0) is 22.6 Å². The van der Waals surface area contributed by atoms with Gasteiger partial charge in [-0.1, -0.05) is 30.8 Å². The van der Waals surface area contributed by atoms with Gasteiger partial charge in [0.05, 0.1) is 0 Å². The first-order valence-electron chi connectivity index (χ1n) is 8.66. The molecular weight excluding hydrogens is 342 g/mol. The van der Waals surface area contributed by atoms with E-state index < -0.39 is 6.04 Å². The average Bonchev–Trinajstić information content (AvgIpc) is 2.72. The number of anilines is 1. The first-order chi connectivity index (χ1) is 13.0. The van der Waals surface area contributed by atoms with Crippen LogP contribution < -0.4 is 10.6 Å². The molecule has 1 atom stereocenters. The Kier molecular flexibility index (Phi) is 5.35. The molecule has 0 radical (unpaired) electrons. The number of carbonyl (C=O) groups excluding carboxylic acids is 3. The van der Waals surface area contributed by atoms with Gasteiger partial charge >= 0.3 is 0 Å². The predicted octanol–water partition coefficient (Wildman–Crippen LogP) is 2.12. The van der Waals surface area contributed by atoms with Crippen LogP contribution in [-0.4, -0.2) is 35.7 Å². The molecule has 27 heavy (non-hydrogen) atoms. The highest BCUT2D eigenvalue weighted by Crippen LogP contribution is 2.25. The highest BCUT2D eigenvalue weighted by atomic mass is 16.2. The molecule has 3 amide bonds. The van der Waals surface area contributed by atoms with Crippen molar-refractivity contribution in [3.8, 4) is 0 Å². The summed E-state index contributed by atoms with van der Waals surface area (Å²) in [6.07, 6.45) is 1.66. The van der Waals surface area contributed by atoms with Gasteiger partial charge < -0.3 is 15.5 Å². The van der Waals surface area contributed by atoms with Crippen molar-refractivity contribution in [2.75, 3.05) is 12.4 Å². The minimum Gasteiger partial charge on any atom is -0.357 e. The fourth-order valence-corrected chi connectivity index (χ4v) is 3.19.